The first kappa shape index (κ1) is 15.9. The molecule has 2 aromatic rings. The zero-order valence-electron chi connectivity index (χ0n) is 11.5. The number of tetrazole rings is 1. The normalized spacial score (nSPS) is 15.8. The lowest BCUT2D eigenvalue weighted by molar-refractivity contribution is 0.126. The Balaban J connectivity index is 1.48. The summed E-state index contributed by atoms with van der Waals surface area (Å²) in [4.78, 5) is 0. The van der Waals surface area contributed by atoms with Crippen LogP contribution < -0.4 is 4.74 Å². The van der Waals surface area contributed by atoms with Crippen LogP contribution in [0.5, 0.6) is 5.75 Å². The first-order valence-corrected chi connectivity index (χ1v) is 8.54. The molecular weight excluding hydrogens is 347 g/mol. The summed E-state index contributed by atoms with van der Waals surface area (Å²) in [7, 11) is 0. The van der Waals surface area contributed by atoms with Gasteiger partial charge in [0.15, 0.2) is 0 Å². The van der Waals surface area contributed by atoms with E-state index in [0.29, 0.717) is 27.6 Å². The van der Waals surface area contributed by atoms with Crippen LogP contribution in [-0.2, 0) is 0 Å². The van der Waals surface area contributed by atoms with Gasteiger partial charge in [-0.25, -0.2) is 4.68 Å². The van der Waals surface area contributed by atoms with Crippen molar-refractivity contribution >= 4 is 35.0 Å². The molecule has 1 aromatic heterocycles. The third kappa shape index (κ3) is 4.04. The minimum atomic E-state index is -0.652. The smallest absolute Gasteiger partial charge is 0.209 e. The second kappa shape index (κ2) is 7.04. The monoisotopic (exact) mass is 360 g/mol. The molecular formula is C13H14Cl2N4O2S. The standard InChI is InChI=1S/C13H14Cl2N4O2S/c14-8-1-4-12(11(15)5-8)21-6-10(20)7-22-13-16-17-18-19(13)9-2-3-9/h1,4-5,9-10,20H,2-3,6-7H2/t10-/m0/s1. The lowest BCUT2D eigenvalue weighted by Crippen LogP contribution is -2.20. The Morgan fingerprint density at radius 3 is 2.95 bits per heavy atom. The van der Waals surface area contributed by atoms with E-state index in [1.807, 2.05) is 4.68 Å². The number of hydrogen-bond donors (Lipinski definition) is 1. The lowest BCUT2D eigenvalue weighted by atomic mass is 10.3. The number of benzene rings is 1. The molecule has 6 nitrogen and oxygen atoms in total. The van der Waals surface area contributed by atoms with Gasteiger partial charge in [-0.2, -0.15) is 0 Å². The Bertz CT molecular complexity index is 651. The number of aliphatic hydroxyl groups is 1. The number of aliphatic hydroxyl groups excluding tert-OH is 1. The maximum Gasteiger partial charge on any atom is 0.209 e. The van der Waals surface area contributed by atoms with Gasteiger partial charge < -0.3 is 9.84 Å². The topological polar surface area (TPSA) is 73.1 Å². The van der Waals surface area contributed by atoms with Gasteiger partial charge >= 0.3 is 0 Å². The fraction of sp³-hybridized carbons (Fsp3) is 0.462. The molecule has 0 bridgehead atoms. The van der Waals surface area contributed by atoms with Gasteiger partial charge in [-0.05, 0) is 41.5 Å². The largest absolute Gasteiger partial charge is 0.489 e. The van der Waals surface area contributed by atoms with Gasteiger partial charge in [0.1, 0.15) is 12.4 Å². The van der Waals surface area contributed by atoms with Crippen molar-refractivity contribution < 1.29 is 9.84 Å². The van der Waals surface area contributed by atoms with Gasteiger partial charge in [-0.15, -0.1) is 5.10 Å². The quantitative estimate of drug-likeness (QED) is 0.765. The third-order valence-electron chi connectivity index (χ3n) is 3.09. The van der Waals surface area contributed by atoms with Crippen molar-refractivity contribution in [1.29, 1.82) is 0 Å². The molecule has 1 heterocycles. The van der Waals surface area contributed by atoms with E-state index in [1.165, 1.54) is 11.8 Å². The van der Waals surface area contributed by atoms with Crippen molar-refractivity contribution in [2.75, 3.05) is 12.4 Å². The average molecular weight is 361 g/mol. The summed E-state index contributed by atoms with van der Waals surface area (Å²) in [5.74, 6) is 0.941. The van der Waals surface area contributed by atoms with Crippen LogP contribution in [0.25, 0.3) is 0 Å². The SMILES string of the molecule is O[C@@H](COc1ccc(Cl)cc1Cl)CSc1nnnn1C1CC1. The lowest BCUT2D eigenvalue weighted by Gasteiger charge is -2.13. The summed E-state index contributed by atoms with van der Waals surface area (Å²) in [5, 5.41) is 23.3. The molecule has 0 aliphatic heterocycles. The third-order valence-corrected chi connectivity index (χ3v) is 4.69. The van der Waals surface area contributed by atoms with Crippen LogP contribution in [0.4, 0.5) is 0 Å². The number of nitrogens with zero attached hydrogens (tertiary/aromatic N) is 4. The molecule has 1 aliphatic carbocycles. The predicted molar refractivity (Wildman–Crippen MR) is 84.8 cm³/mol. The fourth-order valence-electron chi connectivity index (χ4n) is 1.83. The summed E-state index contributed by atoms with van der Waals surface area (Å²) >= 11 is 13.2. The van der Waals surface area contributed by atoms with Gasteiger partial charge in [0.25, 0.3) is 0 Å². The highest BCUT2D eigenvalue weighted by atomic mass is 35.5. The summed E-state index contributed by atoms with van der Waals surface area (Å²) in [6, 6.07) is 5.38. The van der Waals surface area contributed by atoms with Gasteiger partial charge in [0.05, 0.1) is 17.2 Å². The van der Waals surface area contributed by atoms with Crippen molar-refractivity contribution in [2.24, 2.45) is 0 Å². The first-order valence-electron chi connectivity index (χ1n) is 6.80. The summed E-state index contributed by atoms with van der Waals surface area (Å²) in [5.41, 5.74) is 0. The van der Waals surface area contributed by atoms with Crippen LogP contribution in [0.15, 0.2) is 23.4 Å². The van der Waals surface area contributed by atoms with Crippen LogP contribution in [0.1, 0.15) is 18.9 Å². The Hall–Kier alpha value is -1.02. The van der Waals surface area contributed by atoms with Crippen LogP contribution in [0, 0.1) is 0 Å². The van der Waals surface area contributed by atoms with E-state index in [9.17, 15) is 5.11 Å². The highest BCUT2D eigenvalue weighted by Gasteiger charge is 2.28. The van der Waals surface area contributed by atoms with Crippen molar-refractivity contribution in [3.05, 3.63) is 28.2 Å². The van der Waals surface area contributed by atoms with E-state index >= 15 is 0 Å². The number of rotatable bonds is 7. The molecule has 0 amide bonds. The van der Waals surface area contributed by atoms with Crippen LogP contribution >= 0.6 is 35.0 Å². The second-order valence-corrected chi connectivity index (χ2v) is 6.82. The highest BCUT2D eigenvalue weighted by Crippen LogP contribution is 2.36. The molecule has 22 heavy (non-hydrogen) atoms. The summed E-state index contributed by atoms with van der Waals surface area (Å²) in [6.45, 7) is 0.138. The van der Waals surface area contributed by atoms with Gasteiger partial charge in [0, 0.05) is 10.8 Å². The Morgan fingerprint density at radius 1 is 1.41 bits per heavy atom. The molecule has 1 N–H and O–H groups in total. The molecule has 1 aromatic carbocycles. The van der Waals surface area contributed by atoms with Crippen molar-refractivity contribution in [1.82, 2.24) is 20.2 Å². The van der Waals surface area contributed by atoms with E-state index in [0.717, 1.165) is 18.0 Å². The van der Waals surface area contributed by atoms with Crippen molar-refractivity contribution in [2.45, 2.75) is 30.1 Å². The maximum atomic E-state index is 10.0. The first-order chi connectivity index (χ1) is 10.6. The number of thioether (sulfide) groups is 1. The molecule has 0 spiro atoms. The molecule has 0 unspecified atom stereocenters. The molecule has 1 fully saturated rings. The average Bonchev–Trinajstić information content (AvgIpc) is 3.23. The van der Waals surface area contributed by atoms with Crippen molar-refractivity contribution in [3.63, 3.8) is 0 Å². The van der Waals surface area contributed by atoms with E-state index in [2.05, 4.69) is 15.5 Å². The van der Waals surface area contributed by atoms with E-state index in [1.54, 1.807) is 18.2 Å². The minimum absolute atomic E-state index is 0.138. The number of halogens is 2. The van der Waals surface area contributed by atoms with Crippen LogP contribution in [-0.4, -0.2) is 43.8 Å². The van der Waals surface area contributed by atoms with Gasteiger partial charge in [-0.3, -0.25) is 0 Å². The Labute approximate surface area is 141 Å². The van der Waals surface area contributed by atoms with E-state index in [-0.39, 0.29) is 6.61 Å². The summed E-state index contributed by atoms with van der Waals surface area (Å²) < 4.78 is 7.31. The maximum absolute atomic E-state index is 10.0. The molecule has 0 radical (unpaired) electrons. The van der Waals surface area contributed by atoms with Crippen LogP contribution in [0.2, 0.25) is 10.0 Å². The predicted octanol–water partition coefficient (Wildman–Crippen LogP) is 2.85. The summed E-state index contributed by atoms with van der Waals surface area (Å²) in [6.07, 6.45) is 1.57. The van der Waals surface area contributed by atoms with Gasteiger partial charge in [-0.1, -0.05) is 35.0 Å². The van der Waals surface area contributed by atoms with Crippen molar-refractivity contribution in [3.8, 4) is 5.75 Å². The molecule has 9 heteroatoms. The molecule has 118 valence electrons. The molecule has 3 rings (SSSR count). The van der Waals surface area contributed by atoms with E-state index in [4.69, 9.17) is 27.9 Å². The molecule has 1 aliphatic rings. The van der Waals surface area contributed by atoms with Crippen LogP contribution in [0.3, 0.4) is 0 Å². The zero-order valence-corrected chi connectivity index (χ0v) is 13.9. The molecule has 0 saturated heterocycles. The zero-order chi connectivity index (χ0) is 15.5. The Kier molecular flexibility index (Phi) is 5.07. The Morgan fingerprint density at radius 2 is 2.23 bits per heavy atom. The second-order valence-electron chi connectivity index (χ2n) is 4.99. The number of aromatic nitrogens is 4. The number of ether oxygens (including phenoxy) is 1. The fourth-order valence-corrected chi connectivity index (χ4v) is 3.14. The molecule has 1 atom stereocenters. The minimum Gasteiger partial charge on any atom is -0.489 e. The molecule has 1 saturated carbocycles. The highest BCUT2D eigenvalue weighted by molar-refractivity contribution is 7.99. The van der Waals surface area contributed by atoms with Gasteiger partial charge in [0.2, 0.25) is 5.16 Å². The van der Waals surface area contributed by atoms with E-state index < -0.39 is 6.10 Å². The number of hydrogen-bond acceptors (Lipinski definition) is 6.